The highest BCUT2D eigenvalue weighted by Crippen LogP contribution is 2.45. The highest BCUT2D eigenvalue weighted by molar-refractivity contribution is 7.90. The van der Waals surface area contributed by atoms with Crippen molar-refractivity contribution in [2.45, 2.75) is 96.5 Å². The molecule has 0 aliphatic carbocycles. The Kier molecular flexibility index (Phi) is 9.09. The van der Waals surface area contributed by atoms with Gasteiger partial charge in [-0.15, -0.1) is 11.3 Å². The van der Waals surface area contributed by atoms with Crippen LogP contribution in [0.2, 0.25) is 0 Å². The van der Waals surface area contributed by atoms with Crippen molar-refractivity contribution in [1.82, 2.24) is 9.21 Å². The zero-order valence-electron chi connectivity index (χ0n) is 27.3. The Labute approximate surface area is 272 Å². The molecule has 1 aromatic heterocycles. The summed E-state index contributed by atoms with van der Waals surface area (Å²) in [4.78, 5) is 67.5. The Balaban J connectivity index is 1.85. The lowest BCUT2D eigenvalue weighted by molar-refractivity contribution is -0.161. The molecule has 0 fully saturated rings. The van der Waals surface area contributed by atoms with Crippen molar-refractivity contribution in [1.29, 1.82) is 0 Å². The lowest BCUT2D eigenvalue weighted by Gasteiger charge is -2.38. The number of nitrogens with one attached hydrogen (secondary N) is 1. The first-order chi connectivity index (χ1) is 21.0. The van der Waals surface area contributed by atoms with E-state index in [2.05, 4.69) is 5.32 Å². The second-order valence-electron chi connectivity index (χ2n) is 13.9. The van der Waals surface area contributed by atoms with E-state index in [0.717, 1.165) is 11.3 Å². The van der Waals surface area contributed by atoms with Crippen molar-refractivity contribution in [3.63, 3.8) is 0 Å². The zero-order chi connectivity index (χ0) is 34.6. The molecule has 46 heavy (non-hydrogen) atoms. The normalized spacial score (nSPS) is 17.6. The van der Waals surface area contributed by atoms with Crippen molar-refractivity contribution >= 4 is 56.2 Å². The molecule has 1 unspecified atom stereocenters. The molecule has 250 valence electrons. The molecule has 4 rings (SSSR count). The number of benzene rings is 1. The summed E-state index contributed by atoms with van der Waals surface area (Å²) in [5.41, 5.74) is -2.48. The van der Waals surface area contributed by atoms with E-state index in [9.17, 15) is 32.4 Å². The van der Waals surface area contributed by atoms with Crippen LogP contribution < -0.4 is 5.32 Å². The van der Waals surface area contributed by atoms with Gasteiger partial charge in [0.05, 0.1) is 23.7 Å². The first-order valence-electron chi connectivity index (χ1n) is 14.6. The van der Waals surface area contributed by atoms with E-state index < -0.39 is 69.3 Å². The van der Waals surface area contributed by atoms with Crippen LogP contribution in [-0.2, 0) is 40.2 Å². The minimum absolute atomic E-state index is 0.00622. The number of anilines is 1. The van der Waals surface area contributed by atoms with Crippen LogP contribution in [0, 0.1) is 0 Å². The van der Waals surface area contributed by atoms with E-state index in [1.807, 2.05) is 0 Å². The summed E-state index contributed by atoms with van der Waals surface area (Å²) in [6.07, 6.45) is -0.671. The van der Waals surface area contributed by atoms with Crippen LogP contribution in [0.4, 0.5) is 9.80 Å². The van der Waals surface area contributed by atoms with Gasteiger partial charge in [0, 0.05) is 11.4 Å². The number of sulfonamides is 1. The SMILES string of the molecule is CC(C)(C)OC(=O)C(=O)Nc1sc2c(c1C(=O)OC(C)(C)C)CCN(C(=O)OC(C)(C)C)C2CN1C(=O)c2ccccc2S1(=O)=O. The Morgan fingerprint density at radius 1 is 0.913 bits per heavy atom. The Morgan fingerprint density at radius 2 is 1.50 bits per heavy atom. The first-order valence-corrected chi connectivity index (χ1v) is 16.8. The van der Waals surface area contributed by atoms with E-state index in [1.165, 1.54) is 23.1 Å². The fourth-order valence-corrected chi connectivity index (χ4v) is 7.84. The first kappa shape index (κ1) is 34.9. The average Bonchev–Trinajstić information content (AvgIpc) is 3.34. The topological polar surface area (TPSA) is 166 Å². The van der Waals surface area contributed by atoms with Gasteiger partial charge >= 0.3 is 23.9 Å². The molecule has 13 nitrogen and oxygen atoms in total. The molecule has 1 aromatic carbocycles. The molecule has 2 aliphatic rings. The number of thiophene rings is 1. The number of ether oxygens (including phenoxy) is 3. The van der Waals surface area contributed by atoms with Gasteiger partial charge in [-0.3, -0.25) is 14.5 Å². The highest BCUT2D eigenvalue weighted by atomic mass is 32.2. The predicted octanol–water partition coefficient (Wildman–Crippen LogP) is 4.66. The van der Waals surface area contributed by atoms with Gasteiger partial charge in [0.25, 0.3) is 15.9 Å². The molecule has 0 saturated heterocycles. The van der Waals surface area contributed by atoms with Gasteiger partial charge in [0.1, 0.15) is 26.7 Å². The number of esters is 2. The minimum atomic E-state index is -4.29. The molecule has 2 aromatic rings. The van der Waals surface area contributed by atoms with Crippen LogP contribution in [0.25, 0.3) is 0 Å². The zero-order valence-corrected chi connectivity index (χ0v) is 28.9. The number of rotatable bonds is 4. The van der Waals surface area contributed by atoms with E-state index in [0.29, 0.717) is 14.7 Å². The lowest BCUT2D eigenvalue weighted by Crippen LogP contribution is -2.47. The van der Waals surface area contributed by atoms with E-state index >= 15 is 0 Å². The molecular weight excluding hydrogens is 638 g/mol. The Bertz CT molecular complexity index is 1710. The fraction of sp³-hybridized carbons (Fsp3) is 0.516. The molecule has 0 radical (unpaired) electrons. The van der Waals surface area contributed by atoms with Crippen LogP contribution in [0.15, 0.2) is 29.2 Å². The molecular formula is C31H39N3O10S2. The quantitative estimate of drug-likeness (QED) is 0.273. The van der Waals surface area contributed by atoms with Crippen molar-refractivity contribution in [3.05, 3.63) is 45.8 Å². The summed E-state index contributed by atoms with van der Waals surface area (Å²) in [6.45, 7) is 14.3. The highest BCUT2D eigenvalue weighted by Gasteiger charge is 2.47. The maximum absolute atomic E-state index is 13.6. The third-order valence-corrected chi connectivity index (χ3v) is 9.67. The molecule has 15 heteroatoms. The maximum Gasteiger partial charge on any atom is 0.410 e. The van der Waals surface area contributed by atoms with Crippen LogP contribution >= 0.6 is 11.3 Å². The standard InChI is InChI=1S/C31H39N3O10S2/c1-29(2,3)42-26(37)21-18-14-15-33(28(39)44-31(7,8)9)19(16-34-25(36)17-12-10-11-13-20(17)46(34,40)41)22(18)45-24(21)32-23(35)27(38)43-30(4,5)6/h10-13,19H,14-16H2,1-9H3,(H,32,35). The van der Waals surface area contributed by atoms with Gasteiger partial charge in [-0.1, -0.05) is 12.1 Å². The van der Waals surface area contributed by atoms with Gasteiger partial charge < -0.3 is 19.5 Å². The van der Waals surface area contributed by atoms with Gasteiger partial charge in [-0.05, 0) is 86.4 Å². The van der Waals surface area contributed by atoms with Gasteiger partial charge in [-0.25, -0.2) is 27.1 Å². The number of carbonyl (C=O) groups is 5. The van der Waals surface area contributed by atoms with Crippen LogP contribution in [0.5, 0.6) is 0 Å². The molecule has 1 atom stereocenters. The average molecular weight is 678 g/mol. The largest absolute Gasteiger partial charge is 0.456 e. The number of nitrogens with zero attached hydrogens (tertiary/aromatic N) is 2. The smallest absolute Gasteiger partial charge is 0.410 e. The second kappa shape index (κ2) is 12.0. The van der Waals surface area contributed by atoms with Crippen molar-refractivity contribution in [2.75, 3.05) is 18.4 Å². The second-order valence-corrected chi connectivity index (χ2v) is 16.8. The Hall–Kier alpha value is -3.98. The molecule has 0 spiro atoms. The van der Waals surface area contributed by atoms with Crippen molar-refractivity contribution in [2.24, 2.45) is 0 Å². The monoisotopic (exact) mass is 677 g/mol. The molecule has 3 heterocycles. The lowest BCUT2D eigenvalue weighted by atomic mass is 9.97. The van der Waals surface area contributed by atoms with Gasteiger partial charge in [0.2, 0.25) is 0 Å². The summed E-state index contributed by atoms with van der Waals surface area (Å²) in [7, 11) is -4.29. The summed E-state index contributed by atoms with van der Waals surface area (Å²) in [5, 5.41) is 2.41. The van der Waals surface area contributed by atoms with Crippen LogP contribution in [0.1, 0.15) is 99.5 Å². The third kappa shape index (κ3) is 7.35. The van der Waals surface area contributed by atoms with Crippen LogP contribution in [0.3, 0.4) is 0 Å². The van der Waals surface area contributed by atoms with E-state index in [1.54, 1.807) is 68.4 Å². The number of amides is 3. The molecule has 3 amide bonds. The number of hydrogen-bond acceptors (Lipinski definition) is 11. The molecule has 0 saturated carbocycles. The third-order valence-electron chi connectivity index (χ3n) is 6.61. The summed E-state index contributed by atoms with van der Waals surface area (Å²) < 4.78 is 44.3. The van der Waals surface area contributed by atoms with Gasteiger partial charge in [0.15, 0.2) is 0 Å². The summed E-state index contributed by atoms with van der Waals surface area (Å²) in [5.74, 6) is -3.90. The molecule has 0 bridgehead atoms. The number of carbonyl (C=O) groups excluding carboxylic acids is 5. The summed E-state index contributed by atoms with van der Waals surface area (Å²) >= 11 is 0.873. The van der Waals surface area contributed by atoms with Crippen LogP contribution in [-0.4, -0.2) is 77.4 Å². The summed E-state index contributed by atoms with van der Waals surface area (Å²) in [6, 6.07) is 4.67. The number of hydrogen-bond donors (Lipinski definition) is 1. The molecule has 2 aliphatic heterocycles. The number of fused-ring (bicyclic) bond motifs is 2. The van der Waals surface area contributed by atoms with Crippen molar-refractivity contribution < 1.29 is 46.6 Å². The van der Waals surface area contributed by atoms with Crippen molar-refractivity contribution in [3.8, 4) is 0 Å². The Morgan fingerprint density at radius 3 is 2.07 bits per heavy atom. The minimum Gasteiger partial charge on any atom is -0.456 e. The van der Waals surface area contributed by atoms with Gasteiger partial charge in [-0.2, -0.15) is 0 Å². The molecule has 1 N–H and O–H groups in total. The fourth-order valence-electron chi connectivity index (χ4n) is 4.93. The predicted molar refractivity (Wildman–Crippen MR) is 168 cm³/mol. The van der Waals surface area contributed by atoms with E-state index in [-0.39, 0.29) is 34.0 Å². The maximum atomic E-state index is 13.6. The van der Waals surface area contributed by atoms with E-state index in [4.69, 9.17) is 14.2 Å².